The molecule has 106 valence electrons. The van der Waals surface area contributed by atoms with Crippen molar-refractivity contribution in [2.75, 3.05) is 13.1 Å². The summed E-state index contributed by atoms with van der Waals surface area (Å²) in [4.78, 5) is 14.0. The molecule has 0 spiro atoms. The lowest BCUT2D eigenvalue weighted by Crippen LogP contribution is -2.52. The Bertz CT molecular complexity index is 261. The Morgan fingerprint density at radius 1 is 1.39 bits per heavy atom. The van der Waals surface area contributed by atoms with Crippen LogP contribution in [0.3, 0.4) is 0 Å². The van der Waals surface area contributed by atoms with Gasteiger partial charge in [-0.1, -0.05) is 13.3 Å². The number of nitrogens with zero attached hydrogens (tertiary/aromatic N) is 1. The molecule has 1 fully saturated rings. The highest BCUT2D eigenvalue weighted by Gasteiger charge is 2.29. The van der Waals surface area contributed by atoms with Crippen molar-refractivity contribution >= 4 is 6.09 Å². The van der Waals surface area contributed by atoms with Crippen molar-refractivity contribution in [3.63, 3.8) is 0 Å². The van der Waals surface area contributed by atoms with Crippen LogP contribution in [0.2, 0.25) is 0 Å². The first kappa shape index (κ1) is 15.3. The molecule has 1 N–H and O–H groups in total. The first-order valence-corrected chi connectivity index (χ1v) is 7.17. The Morgan fingerprint density at radius 2 is 2.11 bits per heavy atom. The highest BCUT2D eigenvalue weighted by molar-refractivity contribution is 5.68. The Kier molecular flexibility index (Phi) is 5.93. The van der Waals surface area contributed by atoms with E-state index in [-0.39, 0.29) is 12.3 Å². The van der Waals surface area contributed by atoms with Crippen LogP contribution in [0.1, 0.15) is 59.8 Å². The van der Waals surface area contributed by atoms with Crippen LogP contribution in [-0.4, -0.2) is 35.8 Å². The van der Waals surface area contributed by atoms with Crippen molar-refractivity contribution < 1.29 is 9.53 Å². The van der Waals surface area contributed by atoms with E-state index in [1.807, 2.05) is 25.7 Å². The molecule has 1 amide bonds. The van der Waals surface area contributed by atoms with Gasteiger partial charge in [-0.2, -0.15) is 0 Å². The van der Waals surface area contributed by atoms with Crippen LogP contribution in [0.15, 0.2) is 0 Å². The zero-order valence-corrected chi connectivity index (χ0v) is 12.3. The minimum Gasteiger partial charge on any atom is -0.444 e. The zero-order chi connectivity index (χ0) is 13.6. The molecule has 1 heterocycles. The summed E-state index contributed by atoms with van der Waals surface area (Å²) in [6.45, 7) is 9.68. The van der Waals surface area contributed by atoms with Crippen molar-refractivity contribution in [1.82, 2.24) is 10.2 Å². The lowest BCUT2D eigenvalue weighted by Gasteiger charge is -2.37. The third kappa shape index (κ3) is 5.25. The van der Waals surface area contributed by atoms with Gasteiger partial charge >= 0.3 is 6.09 Å². The molecule has 1 rings (SSSR count). The summed E-state index contributed by atoms with van der Waals surface area (Å²) in [5, 5.41) is 3.46. The molecular weight excluding hydrogens is 228 g/mol. The summed E-state index contributed by atoms with van der Waals surface area (Å²) in [6.07, 6.45) is 5.58. The van der Waals surface area contributed by atoms with Gasteiger partial charge in [0.2, 0.25) is 0 Å². The minimum atomic E-state index is -0.414. The predicted molar refractivity (Wildman–Crippen MR) is 73.5 cm³/mol. The molecule has 1 saturated heterocycles. The van der Waals surface area contributed by atoms with Gasteiger partial charge in [0, 0.05) is 6.54 Å². The average Bonchev–Trinajstić information content (AvgIpc) is 2.27. The van der Waals surface area contributed by atoms with E-state index >= 15 is 0 Å². The summed E-state index contributed by atoms with van der Waals surface area (Å²) < 4.78 is 5.46. The fraction of sp³-hybridized carbons (Fsp3) is 0.929. The molecule has 18 heavy (non-hydrogen) atoms. The lowest BCUT2D eigenvalue weighted by molar-refractivity contribution is 0.00543. The van der Waals surface area contributed by atoms with Crippen molar-refractivity contribution in [2.45, 2.75) is 71.6 Å². The maximum Gasteiger partial charge on any atom is 0.411 e. The number of hydrogen-bond donors (Lipinski definition) is 1. The number of hydrogen-bond acceptors (Lipinski definition) is 3. The molecule has 4 heteroatoms. The second-order valence-corrected chi connectivity index (χ2v) is 5.99. The van der Waals surface area contributed by atoms with Gasteiger partial charge in [-0.25, -0.2) is 4.79 Å². The van der Waals surface area contributed by atoms with Crippen LogP contribution in [-0.2, 0) is 4.74 Å². The van der Waals surface area contributed by atoms with E-state index < -0.39 is 5.60 Å². The van der Waals surface area contributed by atoms with Gasteiger partial charge in [-0.05, 0) is 53.0 Å². The van der Waals surface area contributed by atoms with Crippen LogP contribution < -0.4 is 5.32 Å². The molecule has 1 unspecified atom stereocenters. The second-order valence-electron chi connectivity index (χ2n) is 5.99. The normalized spacial score (nSPS) is 20.9. The molecule has 1 atom stereocenters. The van der Waals surface area contributed by atoms with E-state index in [2.05, 4.69) is 12.2 Å². The number of piperidine rings is 1. The quantitative estimate of drug-likeness (QED) is 0.786. The Hall–Kier alpha value is -0.770. The largest absolute Gasteiger partial charge is 0.444 e. The van der Waals surface area contributed by atoms with Gasteiger partial charge < -0.3 is 4.74 Å². The second kappa shape index (κ2) is 6.98. The van der Waals surface area contributed by atoms with E-state index in [1.54, 1.807) is 0 Å². The van der Waals surface area contributed by atoms with Gasteiger partial charge in [0.15, 0.2) is 0 Å². The SMILES string of the molecule is CCCCNC1CCCCN1C(=O)OC(C)(C)C. The molecule has 0 saturated carbocycles. The number of nitrogens with one attached hydrogen (secondary N) is 1. The standard InChI is InChI=1S/C14H28N2O2/c1-5-6-10-15-12-9-7-8-11-16(12)13(17)18-14(2,3)4/h12,15H,5-11H2,1-4H3. The van der Waals surface area contributed by atoms with Crippen molar-refractivity contribution in [3.8, 4) is 0 Å². The Labute approximate surface area is 111 Å². The summed E-state index contributed by atoms with van der Waals surface area (Å²) >= 11 is 0. The summed E-state index contributed by atoms with van der Waals surface area (Å²) in [7, 11) is 0. The average molecular weight is 256 g/mol. The van der Waals surface area contributed by atoms with Crippen LogP contribution in [0.25, 0.3) is 0 Å². The molecule has 0 bridgehead atoms. The summed E-state index contributed by atoms with van der Waals surface area (Å²) in [6, 6.07) is 0. The number of amides is 1. The van der Waals surface area contributed by atoms with E-state index in [4.69, 9.17) is 4.74 Å². The number of carbonyl (C=O) groups excluding carboxylic acids is 1. The molecule has 4 nitrogen and oxygen atoms in total. The highest BCUT2D eigenvalue weighted by Crippen LogP contribution is 2.18. The number of likely N-dealkylation sites (tertiary alicyclic amines) is 1. The summed E-state index contributed by atoms with van der Waals surface area (Å²) in [5.41, 5.74) is -0.414. The Balaban J connectivity index is 2.50. The smallest absolute Gasteiger partial charge is 0.411 e. The van der Waals surface area contributed by atoms with E-state index in [1.165, 1.54) is 12.8 Å². The third-order valence-corrected chi connectivity index (χ3v) is 3.04. The molecular formula is C14H28N2O2. The number of unbranched alkanes of at least 4 members (excludes halogenated alkanes) is 1. The van der Waals surface area contributed by atoms with Crippen LogP contribution in [0.5, 0.6) is 0 Å². The monoisotopic (exact) mass is 256 g/mol. The minimum absolute atomic E-state index is 0.153. The predicted octanol–water partition coefficient (Wildman–Crippen LogP) is 3.12. The van der Waals surface area contributed by atoms with Crippen LogP contribution >= 0.6 is 0 Å². The lowest BCUT2D eigenvalue weighted by atomic mass is 10.1. The topological polar surface area (TPSA) is 41.6 Å². The van der Waals surface area contributed by atoms with E-state index in [9.17, 15) is 4.79 Å². The molecule has 0 aromatic rings. The maximum absolute atomic E-state index is 12.1. The molecule has 0 radical (unpaired) electrons. The zero-order valence-electron chi connectivity index (χ0n) is 12.3. The van der Waals surface area contributed by atoms with E-state index in [0.29, 0.717) is 0 Å². The van der Waals surface area contributed by atoms with Crippen molar-refractivity contribution in [2.24, 2.45) is 0 Å². The molecule has 1 aliphatic heterocycles. The Morgan fingerprint density at radius 3 is 2.72 bits per heavy atom. The first-order valence-electron chi connectivity index (χ1n) is 7.17. The van der Waals surface area contributed by atoms with Crippen LogP contribution in [0.4, 0.5) is 4.79 Å². The number of ether oxygens (including phenoxy) is 1. The fourth-order valence-corrected chi connectivity index (χ4v) is 2.13. The van der Waals surface area contributed by atoms with Gasteiger partial charge in [0.25, 0.3) is 0 Å². The van der Waals surface area contributed by atoms with Gasteiger partial charge in [0.05, 0.1) is 6.17 Å². The molecule has 0 aromatic carbocycles. The van der Waals surface area contributed by atoms with Gasteiger partial charge in [0.1, 0.15) is 5.60 Å². The highest BCUT2D eigenvalue weighted by atomic mass is 16.6. The van der Waals surface area contributed by atoms with Crippen molar-refractivity contribution in [3.05, 3.63) is 0 Å². The van der Waals surface area contributed by atoms with Gasteiger partial charge in [-0.15, -0.1) is 0 Å². The van der Waals surface area contributed by atoms with Gasteiger partial charge in [-0.3, -0.25) is 10.2 Å². The number of rotatable bonds is 4. The molecule has 1 aliphatic rings. The summed E-state index contributed by atoms with van der Waals surface area (Å²) in [5.74, 6) is 0. The molecule has 0 aliphatic carbocycles. The van der Waals surface area contributed by atoms with Crippen LogP contribution in [0, 0.1) is 0 Å². The first-order chi connectivity index (χ1) is 8.44. The fourth-order valence-electron chi connectivity index (χ4n) is 2.13. The maximum atomic E-state index is 12.1. The third-order valence-electron chi connectivity index (χ3n) is 3.04. The van der Waals surface area contributed by atoms with Crippen molar-refractivity contribution in [1.29, 1.82) is 0 Å². The molecule has 0 aromatic heterocycles. The number of carbonyl (C=O) groups is 1. The van der Waals surface area contributed by atoms with E-state index in [0.717, 1.165) is 32.4 Å².